The molecule has 8 nitrogen and oxygen atoms in total. The van der Waals surface area contributed by atoms with Crippen LogP contribution in [0, 0.1) is 0 Å². The van der Waals surface area contributed by atoms with Gasteiger partial charge < -0.3 is 10.1 Å². The number of thioether (sulfide) groups is 1. The van der Waals surface area contributed by atoms with Crippen molar-refractivity contribution >= 4 is 40.7 Å². The Kier molecular flexibility index (Phi) is 4.72. The van der Waals surface area contributed by atoms with Crippen LogP contribution in [0.4, 0.5) is 5.69 Å². The first-order valence-electron chi connectivity index (χ1n) is 6.77. The number of aromatic nitrogens is 4. The minimum absolute atomic E-state index is 0.107. The van der Waals surface area contributed by atoms with Gasteiger partial charge in [-0.15, -0.1) is 10.2 Å². The van der Waals surface area contributed by atoms with E-state index in [2.05, 4.69) is 20.5 Å². The van der Waals surface area contributed by atoms with Crippen molar-refractivity contribution in [3.05, 3.63) is 45.8 Å². The second-order valence-corrected chi connectivity index (χ2v) is 6.04. The molecule has 0 aliphatic carbocycles. The molecule has 0 fully saturated rings. The van der Waals surface area contributed by atoms with Crippen molar-refractivity contribution in [3.63, 3.8) is 0 Å². The lowest BCUT2D eigenvalue weighted by atomic mass is 10.3. The fourth-order valence-electron chi connectivity index (χ4n) is 1.98. The number of hydrogen-bond donors (Lipinski definition) is 2. The Morgan fingerprint density at radius 2 is 2.25 bits per heavy atom. The highest BCUT2D eigenvalue weighted by Crippen LogP contribution is 2.28. The molecule has 0 spiro atoms. The van der Waals surface area contributed by atoms with E-state index in [4.69, 9.17) is 16.3 Å². The highest BCUT2D eigenvalue weighted by atomic mass is 35.5. The first kappa shape index (κ1) is 16.3. The predicted molar refractivity (Wildman–Crippen MR) is 91.0 cm³/mol. The molecule has 0 saturated carbocycles. The highest BCUT2D eigenvalue weighted by molar-refractivity contribution is 7.99. The lowest BCUT2D eigenvalue weighted by molar-refractivity contribution is -0.113. The minimum atomic E-state index is -0.266. The summed E-state index contributed by atoms with van der Waals surface area (Å²) >= 11 is 7.12. The number of H-pyrrole nitrogens is 1. The molecule has 3 rings (SSSR count). The standard InChI is InChI=1S/C14H12ClN5O3S/c1-23-10-3-2-8(15)6-9(10)16-12(22)7-24-14-19-18-13-17-11(21)4-5-20(13)14/h2-6H,7H2,1H3,(H,16,22)(H,17,18,21). The van der Waals surface area contributed by atoms with Crippen LogP contribution in [0.5, 0.6) is 5.75 Å². The zero-order chi connectivity index (χ0) is 17.1. The van der Waals surface area contributed by atoms with Crippen molar-refractivity contribution in [2.75, 3.05) is 18.2 Å². The Hall–Kier alpha value is -2.52. The van der Waals surface area contributed by atoms with E-state index in [1.54, 1.807) is 28.8 Å². The number of nitrogens with zero attached hydrogens (tertiary/aromatic N) is 3. The number of carbonyl (C=O) groups is 1. The number of halogens is 1. The average molecular weight is 366 g/mol. The summed E-state index contributed by atoms with van der Waals surface area (Å²) in [5.74, 6) is 0.696. The van der Waals surface area contributed by atoms with Crippen LogP contribution in [-0.2, 0) is 4.79 Å². The van der Waals surface area contributed by atoms with Crippen LogP contribution in [0.15, 0.2) is 40.4 Å². The second-order valence-electron chi connectivity index (χ2n) is 4.66. The monoisotopic (exact) mass is 365 g/mol. The number of nitrogens with one attached hydrogen (secondary N) is 2. The van der Waals surface area contributed by atoms with Crippen LogP contribution in [0.25, 0.3) is 5.78 Å². The molecule has 0 bridgehead atoms. The molecular weight excluding hydrogens is 354 g/mol. The molecule has 0 aliphatic rings. The molecule has 10 heteroatoms. The number of ether oxygens (including phenoxy) is 1. The van der Waals surface area contributed by atoms with Crippen LogP contribution < -0.4 is 15.6 Å². The van der Waals surface area contributed by atoms with Crippen LogP contribution in [-0.4, -0.2) is 38.4 Å². The zero-order valence-electron chi connectivity index (χ0n) is 12.4. The molecule has 24 heavy (non-hydrogen) atoms. The van der Waals surface area contributed by atoms with Gasteiger partial charge in [-0.3, -0.25) is 19.0 Å². The third kappa shape index (κ3) is 3.52. The van der Waals surface area contributed by atoms with E-state index >= 15 is 0 Å². The van der Waals surface area contributed by atoms with Crippen LogP contribution in [0.1, 0.15) is 0 Å². The Labute approximate surface area is 145 Å². The Morgan fingerprint density at radius 1 is 1.42 bits per heavy atom. The van der Waals surface area contributed by atoms with Gasteiger partial charge in [0.25, 0.3) is 5.56 Å². The number of methoxy groups -OCH3 is 1. The number of amides is 1. The zero-order valence-corrected chi connectivity index (χ0v) is 14.0. The Morgan fingerprint density at radius 3 is 3.04 bits per heavy atom. The number of benzene rings is 1. The molecule has 0 saturated heterocycles. The second kappa shape index (κ2) is 6.93. The van der Waals surface area contributed by atoms with Crippen molar-refractivity contribution in [3.8, 4) is 5.75 Å². The van der Waals surface area contributed by atoms with E-state index in [-0.39, 0.29) is 17.2 Å². The summed E-state index contributed by atoms with van der Waals surface area (Å²) in [6.45, 7) is 0. The number of carbonyl (C=O) groups excluding carboxylic acids is 1. The largest absolute Gasteiger partial charge is 0.495 e. The molecule has 2 N–H and O–H groups in total. The molecule has 1 aromatic carbocycles. The van der Waals surface area contributed by atoms with Crippen molar-refractivity contribution < 1.29 is 9.53 Å². The maximum Gasteiger partial charge on any atom is 0.252 e. The first-order valence-corrected chi connectivity index (χ1v) is 8.13. The van der Waals surface area contributed by atoms with Crippen LogP contribution in [0.2, 0.25) is 5.02 Å². The van der Waals surface area contributed by atoms with Gasteiger partial charge in [-0.25, -0.2) is 0 Å². The van der Waals surface area contributed by atoms with Crippen LogP contribution in [0.3, 0.4) is 0 Å². The predicted octanol–water partition coefficient (Wildman–Crippen LogP) is 1.81. The summed E-state index contributed by atoms with van der Waals surface area (Å²) in [5, 5.41) is 11.5. The average Bonchev–Trinajstić information content (AvgIpc) is 2.95. The Balaban J connectivity index is 1.69. The SMILES string of the molecule is COc1ccc(Cl)cc1NC(=O)CSc1nnc2[nH]c(=O)ccn12. The van der Waals surface area contributed by atoms with Gasteiger partial charge in [0.05, 0.1) is 18.6 Å². The summed E-state index contributed by atoms with van der Waals surface area (Å²) < 4.78 is 6.78. The molecule has 0 atom stereocenters. The number of rotatable bonds is 5. The smallest absolute Gasteiger partial charge is 0.252 e. The van der Waals surface area contributed by atoms with Crippen molar-refractivity contribution in [2.24, 2.45) is 0 Å². The molecule has 124 valence electrons. The summed E-state index contributed by atoms with van der Waals surface area (Å²) in [6.07, 6.45) is 1.55. The Bertz CT molecular complexity index is 955. The van der Waals surface area contributed by atoms with Crippen molar-refractivity contribution in [2.45, 2.75) is 5.16 Å². The van der Waals surface area contributed by atoms with Crippen LogP contribution >= 0.6 is 23.4 Å². The molecule has 1 amide bonds. The highest BCUT2D eigenvalue weighted by Gasteiger charge is 2.12. The van der Waals surface area contributed by atoms with Gasteiger partial charge in [-0.2, -0.15) is 0 Å². The molecular formula is C14H12ClN5O3S. The first-order chi connectivity index (χ1) is 11.6. The fraction of sp³-hybridized carbons (Fsp3) is 0.143. The third-order valence-electron chi connectivity index (χ3n) is 3.04. The molecule has 0 aliphatic heterocycles. The van der Waals surface area contributed by atoms with Gasteiger partial charge in [0.1, 0.15) is 5.75 Å². The van der Waals surface area contributed by atoms with Gasteiger partial charge in [0.15, 0.2) is 5.16 Å². The van der Waals surface area contributed by atoms with Crippen molar-refractivity contribution in [1.82, 2.24) is 19.6 Å². The maximum absolute atomic E-state index is 12.1. The number of aromatic amines is 1. The summed E-state index contributed by atoms with van der Waals surface area (Å²) in [6, 6.07) is 6.32. The number of anilines is 1. The summed E-state index contributed by atoms with van der Waals surface area (Å²) in [7, 11) is 1.51. The summed E-state index contributed by atoms with van der Waals surface area (Å²) in [4.78, 5) is 25.9. The van der Waals surface area contributed by atoms with E-state index in [0.29, 0.717) is 27.4 Å². The maximum atomic E-state index is 12.1. The molecule has 0 unspecified atom stereocenters. The van der Waals surface area contributed by atoms with E-state index in [1.807, 2.05) is 0 Å². The van der Waals surface area contributed by atoms with Gasteiger partial charge in [0.2, 0.25) is 11.7 Å². The third-order valence-corrected chi connectivity index (χ3v) is 4.22. The molecule has 3 aromatic rings. The molecule has 2 heterocycles. The topological polar surface area (TPSA) is 101 Å². The minimum Gasteiger partial charge on any atom is -0.495 e. The molecule has 2 aromatic heterocycles. The van der Waals surface area contributed by atoms with Gasteiger partial charge in [0, 0.05) is 17.3 Å². The lowest BCUT2D eigenvalue weighted by Crippen LogP contribution is -2.15. The normalized spacial score (nSPS) is 10.8. The number of hydrogen-bond acceptors (Lipinski definition) is 6. The lowest BCUT2D eigenvalue weighted by Gasteiger charge is -2.10. The number of fused-ring (bicyclic) bond motifs is 1. The van der Waals surface area contributed by atoms with E-state index in [0.717, 1.165) is 0 Å². The van der Waals surface area contributed by atoms with E-state index in [9.17, 15) is 9.59 Å². The molecule has 0 radical (unpaired) electrons. The van der Waals surface area contributed by atoms with E-state index < -0.39 is 0 Å². The fourth-order valence-corrected chi connectivity index (χ4v) is 2.87. The summed E-state index contributed by atoms with van der Waals surface area (Å²) in [5.41, 5.74) is 0.225. The van der Waals surface area contributed by atoms with Gasteiger partial charge >= 0.3 is 0 Å². The van der Waals surface area contributed by atoms with Gasteiger partial charge in [-0.05, 0) is 18.2 Å². The quantitative estimate of drug-likeness (QED) is 0.669. The van der Waals surface area contributed by atoms with E-state index in [1.165, 1.54) is 24.9 Å². The van der Waals surface area contributed by atoms with Crippen molar-refractivity contribution in [1.29, 1.82) is 0 Å². The van der Waals surface area contributed by atoms with Gasteiger partial charge in [-0.1, -0.05) is 23.4 Å².